The molecule has 0 amide bonds. The van der Waals surface area contributed by atoms with Crippen LogP contribution in [0.4, 0.5) is 0 Å². The van der Waals surface area contributed by atoms with Gasteiger partial charge in [0, 0.05) is 0 Å². The summed E-state index contributed by atoms with van der Waals surface area (Å²) in [5, 5.41) is 0. The van der Waals surface area contributed by atoms with Crippen LogP contribution < -0.4 is 0 Å². The van der Waals surface area contributed by atoms with Gasteiger partial charge in [-0.1, -0.05) is 368 Å². The Morgan fingerprint density at radius 2 is 0.649 bits per heavy atom. The normalized spacial score (nSPS) is 41.5. The lowest BCUT2D eigenvalue weighted by atomic mass is 9.46. The largest absolute Gasteiger partial charge is 0.0852 e. The van der Waals surface area contributed by atoms with Crippen molar-refractivity contribution < 1.29 is 0 Å². The second-order valence-corrected chi connectivity index (χ2v) is 60.2. The summed E-state index contributed by atoms with van der Waals surface area (Å²) in [6, 6.07) is 0. The molecule has 0 aromatic heterocycles. The van der Waals surface area contributed by atoms with E-state index in [4.69, 9.17) is 0 Å². The van der Waals surface area contributed by atoms with Crippen LogP contribution in [0.3, 0.4) is 0 Å². The Balaban J connectivity index is 0.000000149. The molecule has 0 aliphatic heterocycles. The molecule has 131 heavy (non-hydrogen) atoms. The quantitative estimate of drug-likeness (QED) is 0.0895. The van der Waals surface area contributed by atoms with E-state index < -0.39 is 0 Å². The van der Waals surface area contributed by atoms with Gasteiger partial charge in [0.25, 0.3) is 0 Å². The van der Waals surface area contributed by atoms with Crippen LogP contribution in [0.5, 0.6) is 0 Å². The van der Waals surface area contributed by atoms with Gasteiger partial charge in [0.05, 0.1) is 0 Å². The topological polar surface area (TPSA) is 0 Å². The van der Waals surface area contributed by atoms with Crippen molar-refractivity contribution >= 4 is 0 Å². The average Bonchev–Trinajstić information content (AvgIpc) is 1.68. The molecule has 746 valence electrons. The Kier molecular flexibility index (Phi) is 33.6. The Morgan fingerprint density at radius 3 is 1.03 bits per heavy atom. The van der Waals surface area contributed by atoms with Gasteiger partial charge in [-0.25, -0.2) is 0 Å². The summed E-state index contributed by atoms with van der Waals surface area (Å²) in [6.45, 7) is 84.7. The Labute approximate surface area is 818 Å². The first-order valence-electron chi connectivity index (χ1n) is 58.7. The van der Waals surface area contributed by atoms with Crippen LogP contribution in [0.25, 0.3) is 0 Å². The fourth-order valence-corrected chi connectivity index (χ4v) is 37.6. The highest BCUT2D eigenvalue weighted by atomic mass is 14.7. The van der Waals surface area contributed by atoms with Crippen LogP contribution in [0, 0.1) is 231 Å². The molecule has 32 atom stereocenters. The lowest BCUT2D eigenvalue weighted by Crippen LogP contribution is -2.50. The summed E-state index contributed by atoms with van der Waals surface area (Å²) < 4.78 is 0. The Hall–Kier alpha value is -2.08. The fourth-order valence-electron chi connectivity index (χ4n) is 37.6. The van der Waals surface area contributed by atoms with Gasteiger partial charge in [0.15, 0.2) is 0 Å². The predicted octanol–water partition coefficient (Wildman–Crippen LogP) is 40.6. The van der Waals surface area contributed by atoms with Gasteiger partial charge < -0.3 is 0 Å². The molecule has 0 N–H and O–H groups in total. The van der Waals surface area contributed by atoms with E-state index >= 15 is 0 Å². The third-order valence-electron chi connectivity index (χ3n) is 44.9. The second kappa shape index (κ2) is 41.5. The smallest absolute Gasteiger partial charge is 0.00474 e. The standard InChI is InChI=1S/C34H58.C33H54.C32H56.C32H54/c1-10-26(23(2)3)12-11-24(4)29-15-16-30-28-14-13-27-21-25(22-32(5,6)7)17-19-33(27,8)31(28)18-20-34(29,30)9;1-22(2)23(3)10-11-24(4)28-14-15-29-27-13-12-26-20-25(21-31(5,6)7)16-18-32(26,8)30(27)17-19-33(28,29)9;2*1-22(2)10-9-11-23(3)27-14-15-28-26-13-12-25-20-24(21-30(4,5)6)16-18-31(25,7)29(26)17-19-32(27,28)8/h11-13,23-26,28-31H,10,14-22H2,1-9H3;10-13,22-25,28-30H,14-21H2,1-9H3;12,22-24,26-29H,9-11,13-21H2,1-8H3;12-13,22-24,27-29H,9-11,14-21H2,1-8H3/b12-11+;11-10+;;/t24-,25?,26-,28?,29-,30+,31+,33+,34-;23-,24+,25?,28+,29-,30-,32-,33+;23-,24?,26+,27-,28+,29+,31+,32-;23-,24?,27-,28?,29?,31+,32-/m1011/s1. The van der Waals surface area contributed by atoms with E-state index in [1.54, 1.807) is 5.57 Å². The average molecular weight is 1800 g/mol. The molecule has 0 nitrogen and oxygen atoms in total. The highest BCUT2D eigenvalue weighted by Gasteiger charge is 2.64. The molecule has 0 aromatic carbocycles. The first-order valence-corrected chi connectivity index (χ1v) is 58.7. The van der Waals surface area contributed by atoms with Gasteiger partial charge >= 0.3 is 0 Å². The lowest BCUT2D eigenvalue weighted by molar-refractivity contribution is -0.0536. The molecule has 0 spiro atoms. The zero-order chi connectivity index (χ0) is 95.7. The SMILES string of the molecule is CC(C)CCC[C@@H](C)[C@H]1CCC2C3=CC=C4CC(CC(C)(C)C)CC[C@]4(C)C3CC[C@@]21C.CC(C)CCC[C@@H](C)[C@H]1CC[C@H]2[C@@H]3CC=C4CC(CC(C)(C)C)CC[C@]4(C)[C@H]3CC[C@]12C.CC(C)[C@@H](C)/C=C/[C@@H](C)[C@H]1CC[C@H]2C3=CC=C4CC(CC(C)(C)C)CC[C@]4(C)[C@H]3CC[C@]12C.CC[C@H](/C=C/[C@@H](C)[C@H]1CC[C@H]2C3CC=C4CC(CC(C)(C)C)CC[C@]4(C)[C@H]3CC[C@]12C)C(C)C. The van der Waals surface area contributed by atoms with Crippen LogP contribution in [-0.2, 0) is 0 Å². The van der Waals surface area contributed by atoms with Crippen molar-refractivity contribution in [1.82, 2.24) is 0 Å². The molecule has 16 rings (SSSR count). The maximum atomic E-state index is 2.79. The first-order chi connectivity index (χ1) is 61.1. The van der Waals surface area contributed by atoms with Crippen LogP contribution in [0.15, 0.2) is 94.2 Å². The number of hydrogen-bond acceptors (Lipinski definition) is 0. The van der Waals surface area contributed by atoms with Crippen LogP contribution in [-0.4, -0.2) is 0 Å². The molecule has 12 saturated carbocycles. The van der Waals surface area contributed by atoms with Gasteiger partial charge in [-0.15, -0.1) is 0 Å². The van der Waals surface area contributed by atoms with Crippen molar-refractivity contribution in [2.75, 3.05) is 0 Å². The van der Waals surface area contributed by atoms with Crippen LogP contribution in [0.1, 0.15) is 499 Å². The monoisotopic (exact) mass is 1800 g/mol. The molecule has 7 unspecified atom stereocenters. The molecule has 0 saturated heterocycles. The summed E-state index contributed by atoms with van der Waals surface area (Å²) >= 11 is 0. The van der Waals surface area contributed by atoms with Crippen molar-refractivity contribution in [3.63, 3.8) is 0 Å². The second-order valence-electron chi connectivity index (χ2n) is 60.2. The zero-order valence-electron chi connectivity index (χ0n) is 93.9. The number of allylic oxidation sites excluding steroid dienone is 16. The summed E-state index contributed by atoms with van der Waals surface area (Å²) in [5.74, 6) is 24.4. The van der Waals surface area contributed by atoms with E-state index in [1.165, 1.54) is 263 Å². The van der Waals surface area contributed by atoms with E-state index in [1.807, 2.05) is 27.9 Å². The Bertz CT molecular complexity index is 3980. The minimum atomic E-state index is 0.441. The highest BCUT2D eigenvalue weighted by molar-refractivity contribution is 5.41. The minimum Gasteiger partial charge on any atom is -0.0852 e. The van der Waals surface area contributed by atoms with Crippen LogP contribution in [0.2, 0.25) is 0 Å². The van der Waals surface area contributed by atoms with Crippen molar-refractivity contribution in [3.8, 4) is 0 Å². The molecular weight excluding hydrogens is 1570 g/mol. The molecule has 0 heterocycles. The minimum absolute atomic E-state index is 0.441. The van der Waals surface area contributed by atoms with Gasteiger partial charge in [-0.2, -0.15) is 0 Å². The van der Waals surface area contributed by atoms with Crippen molar-refractivity contribution in [3.05, 3.63) is 94.2 Å². The van der Waals surface area contributed by atoms with Crippen molar-refractivity contribution in [2.45, 2.75) is 499 Å². The van der Waals surface area contributed by atoms with E-state index in [0.717, 1.165) is 154 Å². The van der Waals surface area contributed by atoms with E-state index in [9.17, 15) is 0 Å². The number of fused-ring (bicyclic) bond motifs is 20. The van der Waals surface area contributed by atoms with E-state index in [-0.39, 0.29) is 0 Å². The first kappa shape index (κ1) is 106. The third kappa shape index (κ3) is 22.9. The molecule has 0 radical (unpaired) electrons. The van der Waals surface area contributed by atoms with Gasteiger partial charge in [0.1, 0.15) is 0 Å². The Morgan fingerprint density at radius 1 is 0.313 bits per heavy atom. The van der Waals surface area contributed by atoms with E-state index in [0.29, 0.717) is 76.8 Å². The summed E-state index contributed by atoms with van der Waals surface area (Å²) in [4.78, 5) is 0. The molecule has 0 heteroatoms. The van der Waals surface area contributed by atoms with Crippen LogP contribution >= 0.6 is 0 Å². The molecule has 0 aromatic rings. The maximum absolute atomic E-state index is 2.79. The molecule has 0 bridgehead atoms. The number of hydrogen-bond donors (Lipinski definition) is 0. The van der Waals surface area contributed by atoms with E-state index in [2.05, 4.69) is 296 Å². The molecule has 16 aliphatic rings. The maximum Gasteiger partial charge on any atom is -0.00474 e. The summed E-state index contributed by atoms with van der Waals surface area (Å²) in [7, 11) is 0. The zero-order valence-corrected chi connectivity index (χ0v) is 93.9. The lowest BCUT2D eigenvalue weighted by Gasteiger charge is -2.59. The molecule has 16 aliphatic carbocycles. The van der Waals surface area contributed by atoms with Gasteiger partial charge in [-0.05, 0) is 455 Å². The molecular formula is C131H222. The highest BCUT2D eigenvalue weighted by Crippen LogP contribution is 2.73. The van der Waals surface area contributed by atoms with Gasteiger partial charge in [0.2, 0.25) is 0 Å². The summed E-state index contributed by atoms with van der Waals surface area (Å²) in [5.41, 5.74) is 17.2. The fraction of sp³-hybridized carbons (Fsp3) is 0.878. The predicted molar refractivity (Wildman–Crippen MR) is 576 cm³/mol. The number of rotatable bonds is 23. The molecule has 12 fully saturated rings. The third-order valence-corrected chi connectivity index (χ3v) is 44.9. The van der Waals surface area contributed by atoms with Crippen molar-refractivity contribution in [1.29, 1.82) is 0 Å². The summed E-state index contributed by atoms with van der Waals surface area (Å²) in [6.07, 6.45) is 85.5. The van der Waals surface area contributed by atoms with Crippen molar-refractivity contribution in [2.24, 2.45) is 231 Å². The van der Waals surface area contributed by atoms with Gasteiger partial charge in [-0.3, -0.25) is 0 Å².